The molecule has 3 nitrogen and oxygen atoms in total. The molecule has 0 fully saturated rings. The van der Waals surface area contributed by atoms with Crippen LogP contribution in [-0.4, -0.2) is 31.8 Å². The van der Waals surface area contributed by atoms with Gasteiger partial charge in [0, 0.05) is 31.3 Å². The zero-order valence-electron chi connectivity index (χ0n) is 11.4. The molecule has 1 aromatic rings. The number of hydrogen-bond acceptors (Lipinski definition) is 4. The van der Waals surface area contributed by atoms with E-state index in [0.717, 1.165) is 31.1 Å². The third-order valence-electron chi connectivity index (χ3n) is 3.16. The molecule has 0 aromatic carbocycles. The van der Waals surface area contributed by atoms with E-state index < -0.39 is 0 Å². The lowest BCUT2D eigenvalue weighted by atomic mass is 9.83. The molecule has 0 aliphatic carbocycles. The number of thiazole rings is 1. The Morgan fingerprint density at radius 1 is 1.53 bits per heavy atom. The first-order chi connectivity index (χ1) is 8.09. The van der Waals surface area contributed by atoms with Gasteiger partial charge < -0.3 is 10.1 Å². The molecule has 1 aromatic heterocycles. The number of nitrogens with one attached hydrogen (secondary N) is 1. The van der Waals surface area contributed by atoms with Gasteiger partial charge in [-0.2, -0.15) is 0 Å². The lowest BCUT2D eigenvalue weighted by molar-refractivity contribution is 0.191. The molecule has 17 heavy (non-hydrogen) atoms. The predicted octanol–water partition coefficient (Wildman–Crippen LogP) is 2.65. The summed E-state index contributed by atoms with van der Waals surface area (Å²) in [4.78, 5) is 5.71. The van der Waals surface area contributed by atoms with E-state index in [1.807, 2.05) is 17.5 Å². The number of aromatic nitrogens is 1. The lowest BCUT2D eigenvalue weighted by Gasteiger charge is -2.28. The molecule has 1 atom stereocenters. The van der Waals surface area contributed by atoms with Crippen LogP contribution in [0, 0.1) is 12.3 Å². The second-order valence-corrected chi connectivity index (χ2v) is 6.18. The van der Waals surface area contributed by atoms with Gasteiger partial charge in [0.2, 0.25) is 0 Å². The summed E-state index contributed by atoms with van der Waals surface area (Å²) in [5.74, 6) is 0. The molecule has 1 N–H and O–H groups in total. The topological polar surface area (TPSA) is 34.1 Å². The van der Waals surface area contributed by atoms with Crippen molar-refractivity contribution < 1.29 is 4.74 Å². The fourth-order valence-corrected chi connectivity index (χ4v) is 2.80. The number of rotatable bonds is 8. The van der Waals surface area contributed by atoms with Crippen LogP contribution in [0.3, 0.4) is 0 Å². The molecule has 0 radical (unpaired) electrons. The van der Waals surface area contributed by atoms with E-state index in [9.17, 15) is 0 Å². The van der Waals surface area contributed by atoms with Crippen molar-refractivity contribution in [2.24, 2.45) is 5.41 Å². The minimum Gasteiger partial charge on any atom is -0.383 e. The van der Waals surface area contributed by atoms with Crippen LogP contribution in [0.4, 0.5) is 0 Å². The Hall–Kier alpha value is -0.450. The van der Waals surface area contributed by atoms with Gasteiger partial charge in [-0.3, -0.25) is 0 Å². The normalized spacial score (nSPS) is 14.8. The smallest absolute Gasteiger partial charge is 0.0896 e. The molecule has 0 aliphatic rings. The Bertz CT molecular complexity index is 327. The highest BCUT2D eigenvalue weighted by Gasteiger charge is 2.23. The third kappa shape index (κ3) is 5.15. The molecule has 0 amide bonds. The molecule has 1 unspecified atom stereocenters. The maximum atomic E-state index is 5.04. The average molecular weight is 256 g/mol. The SMILES string of the molecule is CCC(C)(CNCCOC)Cc1cnc(C)s1. The van der Waals surface area contributed by atoms with Crippen molar-refractivity contribution in [3.8, 4) is 0 Å². The van der Waals surface area contributed by atoms with Gasteiger partial charge in [0.15, 0.2) is 0 Å². The fourth-order valence-electron chi connectivity index (χ4n) is 1.78. The van der Waals surface area contributed by atoms with Gasteiger partial charge in [-0.25, -0.2) is 4.98 Å². The maximum absolute atomic E-state index is 5.04. The maximum Gasteiger partial charge on any atom is 0.0896 e. The Morgan fingerprint density at radius 2 is 2.29 bits per heavy atom. The van der Waals surface area contributed by atoms with Gasteiger partial charge in [-0.1, -0.05) is 13.8 Å². The summed E-state index contributed by atoms with van der Waals surface area (Å²) in [6, 6.07) is 0. The molecule has 0 bridgehead atoms. The minimum atomic E-state index is 0.312. The van der Waals surface area contributed by atoms with Gasteiger partial charge in [-0.15, -0.1) is 11.3 Å². The highest BCUT2D eigenvalue weighted by molar-refractivity contribution is 7.11. The molecular weight excluding hydrogens is 232 g/mol. The van der Waals surface area contributed by atoms with Crippen LogP contribution in [0.25, 0.3) is 0 Å². The first-order valence-electron chi connectivity index (χ1n) is 6.20. The molecule has 0 saturated heterocycles. The molecule has 1 rings (SSSR count). The van der Waals surface area contributed by atoms with E-state index in [2.05, 4.69) is 31.1 Å². The zero-order valence-corrected chi connectivity index (χ0v) is 12.2. The van der Waals surface area contributed by atoms with E-state index in [-0.39, 0.29) is 0 Å². The Kier molecular flexibility index (Phi) is 6.09. The van der Waals surface area contributed by atoms with E-state index in [1.54, 1.807) is 7.11 Å². The van der Waals surface area contributed by atoms with Crippen LogP contribution in [0.15, 0.2) is 6.20 Å². The van der Waals surface area contributed by atoms with Crippen LogP contribution in [0.1, 0.15) is 30.2 Å². The van der Waals surface area contributed by atoms with Crippen molar-refractivity contribution in [1.29, 1.82) is 0 Å². The van der Waals surface area contributed by atoms with Crippen LogP contribution in [0.2, 0.25) is 0 Å². The van der Waals surface area contributed by atoms with Gasteiger partial charge in [0.1, 0.15) is 0 Å². The molecule has 1 heterocycles. The first kappa shape index (κ1) is 14.6. The van der Waals surface area contributed by atoms with E-state index in [1.165, 1.54) is 11.3 Å². The molecule has 98 valence electrons. The molecular formula is C13H24N2OS. The summed E-state index contributed by atoms with van der Waals surface area (Å²) in [5, 5.41) is 4.62. The third-order valence-corrected chi connectivity index (χ3v) is 4.07. The first-order valence-corrected chi connectivity index (χ1v) is 7.02. The summed E-state index contributed by atoms with van der Waals surface area (Å²) in [5.41, 5.74) is 0.312. The van der Waals surface area contributed by atoms with Crippen molar-refractivity contribution in [1.82, 2.24) is 10.3 Å². The number of nitrogens with zero attached hydrogens (tertiary/aromatic N) is 1. The highest BCUT2D eigenvalue weighted by Crippen LogP contribution is 2.28. The zero-order chi connectivity index (χ0) is 12.7. The summed E-state index contributed by atoms with van der Waals surface area (Å²) in [6.07, 6.45) is 4.29. The molecule has 0 aliphatic heterocycles. The molecule has 0 spiro atoms. The summed E-state index contributed by atoms with van der Waals surface area (Å²) in [7, 11) is 1.74. The fraction of sp³-hybridized carbons (Fsp3) is 0.769. The van der Waals surface area contributed by atoms with Gasteiger partial charge >= 0.3 is 0 Å². The second kappa shape index (κ2) is 7.09. The predicted molar refractivity (Wildman–Crippen MR) is 73.7 cm³/mol. The number of methoxy groups -OCH3 is 1. The Morgan fingerprint density at radius 3 is 2.82 bits per heavy atom. The number of ether oxygens (including phenoxy) is 1. The quantitative estimate of drug-likeness (QED) is 0.726. The summed E-state index contributed by atoms with van der Waals surface area (Å²) >= 11 is 1.81. The van der Waals surface area contributed by atoms with Crippen LogP contribution in [-0.2, 0) is 11.2 Å². The van der Waals surface area contributed by atoms with Gasteiger partial charge in [0.25, 0.3) is 0 Å². The molecule has 4 heteroatoms. The standard InChI is InChI=1S/C13H24N2OS/c1-5-13(3,10-14-6-7-16-4)8-12-9-15-11(2)17-12/h9,14H,5-8,10H2,1-4H3. The lowest BCUT2D eigenvalue weighted by Crippen LogP contribution is -2.34. The van der Waals surface area contributed by atoms with Crippen molar-refractivity contribution in [2.45, 2.75) is 33.6 Å². The number of aryl methyl sites for hydroxylation is 1. The monoisotopic (exact) mass is 256 g/mol. The summed E-state index contributed by atoms with van der Waals surface area (Å²) in [6.45, 7) is 9.39. The van der Waals surface area contributed by atoms with Crippen molar-refractivity contribution >= 4 is 11.3 Å². The van der Waals surface area contributed by atoms with E-state index >= 15 is 0 Å². The Labute approximate surface area is 109 Å². The van der Waals surface area contributed by atoms with E-state index in [0.29, 0.717) is 5.41 Å². The Balaban J connectivity index is 2.44. The minimum absolute atomic E-state index is 0.312. The van der Waals surface area contributed by atoms with Gasteiger partial charge in [0.05, 0.1) is 11.6 Å². The average Bonchev–Trinajstić information content (AvgIpc) is 2.70. The van der Waals surface area contributed by atoms with Crippen molar-refractivity contribution in [3.63, 3.8) is 0 Å². The van der Waals surface area contributed by atoms with Gasteiger partial charge in [-0.05, 0) is 25.2 Å². The molecule has 0 saturated carbocycles. The van der Waals surface area contributed by atoms with Crippen molar-refractivity contribution in [3.05, 3.63) is 16.1 Å². The van der Waals surface area contributed by atoms with Crippen LogP contribution >= 0.6 is 11.3 Å². The van der Waals surface area contributed by atoms with Crippen LogP contribution < -0.4 is 5.32 Å². The van der Waals surface area contributed by atoms with Crippen molar-refractivity contribution in [2.75, 3.05) is 26.8 Å². The number of hydrogen-bond donors (Lipinski definition) is 1. The largest absolute Gasteiger partial charge is 0.383 e. The highest BCUT2D eigenvalue weighted by atomic mass is 32.1. The second-order valence-electron chi connectivity index (χ2n) is 4.86. The van der Waals surface area contributed by atoms with Crippen LogP contribution in [0.5, 0.6) is 0 Å². The van der Waals surface area contributed by atoms with E-state index in [4.69, 9.17) is 4.74 Å². The summed E-state index contributed by atoms with van der Waals surface area (Å²) < 4.78 is 5.04.